The minimum absolute atomic E-state index is 0.830. The molecule has 20 heavy (non-hydrogen) atoms. The summed E-state index contributed by atoms with van der Waals surface area (Å²) < 4.78 is 0. The van der Waals surface area contributed by atoms with Crippen LogP contribution in [-0.2, 0) is 6.54 Å². The molecule has 0 radical (unpaired) electrons. The van der Waals surface area contributed by atoms with Crippen LogP contribution in [0.4, 0.5) is 11.4 Å². The van der Waals surface area contributed by atoms with Gasteiger partial charge in [-0.3, -0.25) is 0 Å². The molecular weight excluding hydrogens is 246 g/mol. The first-order chi connectivity index (χ1) is 9.74. The fraction of sp³-hybridized carbons (Fsp3) is 0.176. The van der Waals surface area contributed by atoms with Crippen molar-refractivity contribution in [1.82, 2.24) is 4.98 Å². The van der Waals surface area contributed by atoms with E-state index < -0.39 is 0 Å². The van der Waals surface area contributed by atoms with E-state index in [4.69, 9.17) is 0 Å². The normalized spacial score (nSPS) is 10.7. The van der Waals surface area contributed by atoms with Crippen LogP contribution in [0, 0.1) is 0 Å². The molecule has 0 saturated carbocycles. The SMILES string of the molecule is CN(C)c1ccc(NCc2cccc3[nH]ccc23)cc1. The molecule has 3 nitrogen and oxygen atoms in total. The smallest absolute Gasteiger partial charge is 0.0457 e. The van der Waals surface area contributed by atoms with Crippen molar-refractivity contribution < 1.29 is 0 Å². The quantitative estimate of drug-likeness (QED) is 0.751. The van der Waals surface area contributed by atoms with E-state index in [0.29, 0.717) is 0 Å². The van der Waals surface area contributed by atoms with Crippen molar-refractivity contribution in [1.29, 1.82) is 0 Å². The molecule has 3 heteroatoms. The number of hydrogen-bond donors (Lipinski definition) is 2. The zero-order valence-electron chi connectivity index (χ0n) is 11.9. The van der Waals surface area contributed by atoms with Gasteiger partial charge in [0.25, 0.3) is 0 Å². The van der Waals surface area contributed by atoms with Crippen LogP contribution in [0.15, 0.2) is 54.7 Å². The largest absolute Gasteiger partial charge is 0.381 e. The van der Waals surface area contributed by atoms with Gasteiger partial charge in [-0.25, -0.2) is 0 Å². The third-order valence-electron chi connectivity index (χ3n) is 3.55. The zero-order chi connectivity index (χ0) is 13.9. The topological polar surface area (TPSA) is 31.1 Å². The molecule has 0 bridgehead atoms. The van der Waals surface area contributed by atoms with E-state index in [9.17, 15) is 0 Å². The molecule has 1 aromatic heterocycles. The summed E-state index contributed by atoms with van der Waals surface area (Å²) in [4.78, 5) is 5.35. The van der Waals surface area contributed by atoms with E-state index in [-0.39, 0.29) is 0 Å². The van der Waals surface area contributed by atoms with Gasteiger partial charge in [-0.2, -0.15) is 0 Å². The molecule has 0 saturated heterocycles. The maximum Gasteiger partial charge on any atom is 0.0457 e. The lowest BCUT2D eigenvalue weighted by Crippen LogP contribution is -2.08. The number of hydrogen-bond acceptors (Lipinski definition) is 2. The maximum atomic E-state index is 3.48. The number of anilines is 2. The number of fused-ring (bicyclic) bond motifs is 1. The van der Waals surface area contributed by atoms with Crippen molar-refractivity contribution in [2.45, 2.75) is 6.54 Å². The van der Waals surface area contributed by atoms with Crippen molar-refractivity contribution in [3.8, 4) is 0 Å². The van der Waals surface area contributed by atoms with Gasteiger partial charge in [0.1, 0.15) is 0 Å². The van der Waals surface area contributed by atoms with Crippen LogP contribution >= 0.6 is 0 Å². The summed E-state index contributed by atoms with van der Waals surface area (Å²) in [6.07, 6.45) is 1.99. The molecule has 102 valence electrons. The van der Waals surface area contributed by atoms with Crippen LogP contribution in [0.25, 0.3) is 10.9 Å². The standard InChI is InChI=1S/C17H19N3/c1-20(2)15-8-6-14(7-9-15)19-12-13-4-3-5-17-16(13)10-11-18-17/h3-11,18-19H,12H2,1-2H3. The molecule has 0 aliphatic rings. The fourth-order valence-electron chi connectivity index (χ4n) is 2.38. The van der Waals surface area contributed by atoms with E-state index in [1.807, 2.05) is 6.20 Å². The first-order valence-electron chi connectivity index (χ1n) is 6.80. The van der Waals surface area contributed by atoms with Crippen LogP contribution < -0.4 is 10.2 Å². The maximum absolute atomic E-state index is 3.48. The van der Waals surface area contributed by atoms with Crippen LogP contribution in [-0.4, -0.2) is 19.1 Å². The van der Waals surface area contributed by atoms with Crippen LogP contribution in [0.5, 0.6) is 0 Å². The van der Waals surface area contributed by atoms with Gasteiger partial charge in [0, 0.05) is 49.1 Å². The molecule has 0 unspecified atom stereocenters. The Bertz CT molecular complexity index is 696. The van der Waals surface area contributed by atoms with Crippen molar-refractivity contribution >= 4 is 22.3 Å². The Labute approximate surface area is 119 Å². The van der Waals surface area contributed by atoms with Crippen LogP contribution in [0.2, 0.25) is 0 Å². The van der Waals surface area contributed by atoms with Gasteiger partial charge >= 0.3 is 0 Å². The Balaban J connectivity index is 1.74. The Morgan fingerprint density at radius 1 is 1.00 bits per heavy atom. The van der Waals surface area contributed by atoms with Crippen LogP contribution in [0.1, 0.15) is 5.56 Å². The molecule has 1 heterocycles. The second-order valence-corrected chi connectivity index (χ2v) is 5.15. The number of nitrogens with one attached hydrogen (secondary N) is 2. The lowest BCUT2D eigenvalue weighted by atomic mass is 10.1. The van der Waals surface area contributed by atoms with E-state index in [0.717, 1.165) is 12.2 Å². The minimum Gasteiger partial charge on any atom is -0.381 e. The minimum atomic E-state index is 0.830. The number of H-pyrrole nitrogens is 1. The molecule has 0 aliphatic carbocycles. The van der Waals surface area contributed by atoms with Gasteiger partial charge in [0.05, 0.1) is 0 Å². The highest BCUT2D eigenvalue weighted by Crippen LogP contribution is 2.20. The second-order valence-electron chi connectivity index (χ2n) is 5.15. The molecule has 0 spiro atoms. The van der Waals surface area contributed by atoms with Crippen molar-refractivity contribution in [2.24, 2.45) is 0 Å². The fourth-order valence-corrected chi connectivity index (χ4v) is 2.38. The second kappa shape index (κ2) is 5.29. The first kappa shape index (κ1) is 12.6. The van der Waals surface area contributed by atoms with Gasteiger partial charge in [0.2, 0.25) is 0 Å². The van der Waals surface area contributed by atoms with Gasteiger partial charge < -0.3 is 15.2 Å². The van der Waals surface area contributed by atoms with Gasteiger partial charge in [-0.1, -0.05) is 12.1 Å². The third kappa shape index (κ3) is 2.48. The molecule has 2 aromatic carbocycles. The first-order valence-corrected chi connectivity index (χ1v) is 6.80. The molecule has 3 rings (SSSR count). The summed E-state index contributed by atoms with van der Waals surface area (Å²) in [7, 11) is 4.10. The molecule has 0 fully saturated rings. The molecular formula is C17H19N3. The molecule has 0 atom stereocenters. The highest BCUT2D eigenvalue weighted by molar-refractivity contribution is 5.83. The summed E-state index contributed by atoms with van der Waals surface area (Å²) in [5.74, 6) is 0. The monoisotopic (exact) mass is 265 g/mol. The summed E-state index contributed by atoms with van der Waals surface area (Å²) in [6.45, 7) is 0.830. The zero-order valence-corrected chi connectivity index (χ0v) is 11.9. The Hall–Kier alpha value is -2.42. The number of nitrogens with zero attached hydrogens (tertiary/aromatic N) is 1. The summed E-state index contributed by atoms with van der Waals surface area (Å²) in [6, 6.07) is 17.0. The number of rotatable bonds is 4. The van der Waals surface area contributed by atoms with Gasteiger partial charge in [-0.05, 0) is 42.0 Å². The molecule has 2 N–H and O–H groups in total. The number of aromatic amines is 1. The number of benzene rings is 2. The van der Waals surface area contributed by atoms with E-state index >= 15 is 0 Å². The predicted octanol–water partition coefficient (Wildman–Crippen LogP) is 3.85. The van der Waals surface area contributed by atoms with E-state index in [1.54, 1.807) is 0 Å². The van der Waals surface area contributed by atoms with E-state index in [1.165, 1.54) is 22.2 Å². The third-order valence-corrected chi connectivity index (χ3v) is 3.55. The van der Waals surface area contributed by atoms with E-state index in [2.05, 4.69) is 77.8 Å². The number of aromatic nitrogens is 1. The van der Waals surface area contributed by atoms with Crippen molar-refractivity contribution in [3.05, 3.63) is 60.3 Å². The highest BCUT2D eigenvalue weighted by Gasteiger charge is 2.01. The van der Waals surface area contributed by atoms with Crippen molar-refractivity contribution in [3.63, 3.8) is 0 Å². The Morgan fingerprint density at radius 2 is 1.80 bits per heavy atom. The predicted molar refractivity (Wildman–Crippen MR) is 86.4 cm³/mol. The lowest BCUT2D eigenvalue weighted by Gasteiger charge is -2.13. The Kier molecular flexibility index (Phi) is 3.33. The summed E-state index contributed by atoms with van der Waals surface area (Å²) in [5, 5.41) is 4.76. The van der Waals surface area contributed by atoms with Crippen molar-refractivity contribution in [2.75, 3.05) is 24.3 Å². The van der Waals surface area contributed by atoms with Gasteiger partial charge in [0.15, 0.2) is 0 Å². The Morgan fingerprint density at radius 3 is 2.55 bits per heavy atom. The summed E-state index contributed by atoms with van der Waals surface area (Å²) in [5.41, 5.74) is 4.85. The average molecular weight is 265 g/mol. The average Bonchev–Trinajstić information content (AvgIpc) is 2.94. The molecule has 0 aliphatic heterocycles. The lowest BCUT2D eigenvalue weighted by molar-refractivity contribution is 1.13. The molecule has 0 amide bonds. The summed E-state index contributed by atoms with van der Waals surface area (Å²) >= 11 is 0. The van der Waals surface area contributed by atoms with Gasteiger partial charge in [-0.15, -0.1) is 0 Å². The van der Waals surface area contributed by atoms with Crippen LogP contribution in [0.3, 0.4) is 0 Å². The molecule has 3 aromatic rings. The highest BCUT2D eigenvalue weighted by atomic mass is 15.1.